The molecule has 0 amide bonds. The van der Waals surface area contributed by atoms with E-state index >= 15 is 0 Å². The fourth-order valence-electron chi connectivity index (χ4n) is 2.15. The van der Waals surface area contributed by atoms with Crippen molar-refractivity contribution in [1.82, 2.24) is 4.90 Å². The van der Waals surface area contributed by atoms with Crippen LogP contribution >= 0.6 is 0 Å². The number of halogens is 3. The lowest BCUT2D eigenvalue weighted by molar-refractivity contribution is -0.0693. The van der Waals surface area contributed by atoms with Crippen molar-refractivity contribution in [3.05, 3.63) is 30.3 Å². The highest BCUT2D eigenvalue weighted by atomic mass is 32.2. The Morgan fingerprint density at radius 3 is 2.14 bits per heavy atom. The zero-order valence-corrected chi connectivity index (χ0v) is 12.0. The Labute approximate surface area is 121 Å². The summed E-state index contributed by atoms with van der Waals surface area (Å²) >= 11 is 0. The number of hydrogen-bond donors (Lipinski definition) is 0. The molecule has 4 nitrogen and oxygen atoms in total. The van der Waals surface area contributed by atoms with Crippen LogP contribution in [-0.2, 0) is 10.0 Å². The fraction of sp³-hybridized carbons (Fsp3) is 0.462. The largest absolute Gasteiger partial charge is 0.450 e. The van der Waals surface area contributed by atoms with Gasteiger partial charge < -0.3 is 4.90 Å². The van der Waals surface area contributed by atoms with Crippen LogP contribution in [0.5, 0.6) is 0 Å². The van der Waals surface area contributed by atoms with Crippen LogP contribution in [0.2, 0.25) is 0 Å². The molecule has 0 radical (unpaired) electrons. The molecule has 0 aromatic heterocycles. The van der Waals surface area contributed by atoms with Crippen LogP contribution in [0.4, 0.5) is 13.2 Å². The molecular formula is C13H15F3N2O2S. The van der Waals surface area contributed by atoms with Crippen LogP contribution < -0.4 is 0 Å². The summed E-state index contributed by atoms with van der Waals surface area (Å²) in [5, 5.41) is 0. The van der Waals surface area contributed by atoms with Crippen LogP contribution in [0.3, 0.4) is 0 Å². The minimum atomic E-state index is -4.79. The van der Waals surface area contributed by atoms with Crippen molar-refractivity contribution in [3.63, 3.8) is 0 Å². The molecule has 1 aliphatic rings. The van der Waals surface area contributed by atoms with Crippen LogP contribution in [0, 0.1) is 0 Å². The van der Waals surface area contributed by atoms with E-state index in [1.165, 1.54) is 24.3 Å². The van der Waals surface area contributed by atoms with Gasteiger partial charge in [-0.25, -0.2) is 0 Å². The van der Waals surface area contributed by atoms with Crippen LogP contribution in [0.15, 0.2) is 39.6 Å². The number of sulfonamides is 1. The molecule has 1 aromatic rings. The van der Waals surface area contributed by atoms with Crippen LogP contribution in [0.1, 0.15) is 19.3 Å². The minimum absolute atomic E-state index is 0.169. The Morgan fingerprint density at radius 2 is 1.62 bits per heavy atom. The van der Waals surface area contributed by atoms with E-state index in [2.05, 4.69) is 4.40 Å². The lowest BCUT2D eigenvalue weighted by Gasteiger charge is -2.30. The van der Waals surface area contributed by atoms with E-state index in [0.29, 0.717) is 12.8 Å². The zero-order valence-electron chi connectivity index (χ0n) is 11.2. The summed E-state index contributed by atoms with van der Waals surface area (Å²) in [7, 11) is -4.37. The van der Waals surface area contributed by atoms with E-state index in [-0.39, 0.29) is 18.0 Å². The number of amidine groups is 1. The third-order valence-corrected chi connectivity index (χ3v) is 4.44. The maximum atomic E-state index is 13.1. The molecule has 0 unspecified atom stereocenters. The van der Waals surface area contributed by atoms with Crippen molar-refractivity contribution in [2.75, 3.05) is 13.1 Å². The van der Waals surface area contributed by atoms with Gasteiger partial charge >= 0.3 is 6.18 Å². The average Bonchev–Trinajstić information content (AvgIpc) is 2.46. The van der Waals surface area contributed by atoms with E-state index in [4.69, 9.17) is 0 Å². The summed E-state index contributed by atoms with van der Waals surface area (Å²) in [6.45, 7) is 0.339. The van der Waals surface area contributed by atoms with Gasteiger partial charge in [0.1, 0.15) is 0 Å². The smallest absolute Gasteiger partial charge is 0.352 e. The highest BCUT2D eigenvalue weighted by Gasteiger charge is 2.41. The summed E-state index contributed by atoms with van der Waals surface area (Å²) in [6, 6.07) is 6.91. The first kappa shape index (κ1) is 15.8. The maximum absolute atomic E-state index is 13.1. The third-order valence-electron chi connectivity index (χ3n) is 3.16. The normalized spacial score (nSPS) is 17.9. The molecule has 116 valence electrons. The maximum Gasteiger partial charge on any atom is 0.450 e. The van der Waals surface area contributed by atoms with E-state index in [1.807, 2.05) is 0 Å². The monoisotopic (exact) mass is 320 g/mol. The summed E-state index contributed by atoms with van der Waals surface area (Å²) in [5.41, 5.74) is 0. The van der Waals surface area contributed by atoms with Crippen molar-refractivity contribution in [2.24, 2.45) is 4.40 Å². The highest BCUT2D eigenvalue weighted by molar-refractivity contribution is 7.90. The molecule has 0 saturated carbocycles. The molecule has 21 heavy (non-hydrogen) atoms. The van der Waals surface area contributed by atoms with Gasteiger partial charge in [-0.3, -0.25) is 0 Å². The molecule has 0 atom stereocenters. The van der Waals surface area contributed by atoms with E-state index in [1.54, 1.807) is 6.07 Å². The second-order valence-corrected chi connectivity index (χ2v) is 6.35. The van der Waals surface area contributed by atoms with Gasteiger partial charge in [-0.15, -0.1) is 4.40 Å². The van der Waals surface area contributed by atoms with Crippen molar-refractivity contribution < 1.29 is 21.6 Å². The fourth-order valence-corrected chi connectivity index (χ4v) is 3.21. The van der Waals surface area contributed by atoms with Gasteiger partial charge in [0.2, 0.25) is 5.84 Å². The summed E-state index contributed by atoms with van der Waals surface area (Å²) in [4.78, 5) is 0.757. The Morgan fingerprint density at radius 1 is 1.05 bits per heavy atom. The molecule has 0 bridgehead atoms. The van der Waals surface area contributed by atoms with Crippen molar-refractivity contribution in [1.29, 1.82) is 0 Å². The van der Waals surface area contributed by atoms with Crippen molar-refractivity contribution in [3.8, 4) is 0 Å². The van der Waals surface area contributed by atoms with Gasteiger partial charge in [-0.05, 0) is 31.4 Å². The number of likely N-dealkylation sites (tertiary alicyclic amines) is 1. The number of rotatable bonds is 2. The summed E-state index contributed by atoms with van der Waals surface area (Å²) in [6.07, 6.45) is -2.76. The minimum Gasteiger partial charge on any atom is -0.352 e. The third kappa shape index (κ3) is 3.96. The molecule has 0 aliphatic carbocycles. The van der Waals surface area contributed by atoms with E-state index < -0.39 is 22.0 Å². The molecule has 1 saturated heterocycles. The lowest BCUT2D eigenvalue weighted by atomic mass is 10.1. The quantitative estimate of drug-likeness (QED) is 0.622. The number of piperidine rings is 1. The van der Waals surface area contributed by atoms with Gasteiger partial charge in [-0.2, -0.15) is 21.6 Å². The molecular weight excluding hydrogens is 305 g/mol. The number of hydrogen-bond acceptors (Lipinski definition) is 2. The van der Waals surface area contributed by atoms with Gasteiger partial charge in [0.25, 0.3) is 10.0 Å². The Kier molecular flexibility index (Phi) is 4.55. The Balaban J connectivity index is 2.41. The molecule has 8 heteroatoms. The molecule has 0 spiro atoms. The molecule has 1 heterocycles. The standard InChI is InChI=1S/C13H15F3N2O2S/c14-13(15,16)12(18-9-5-2-6-10-18)17-21(19,20)11-7-3-1-4-8-11/h1,3-4,7-8H,2,5-6,9-10H2/b17-12+. The van der Waals surface area contributed by atoms with Gasteiger partial charge in [0.05, 0.1) is 4.90 Å². The number of benzene rings is 1. The van der Waals surface area contributed by atoms with Gasteiger partial charge in [0, 0.05) is 13.1 Å². The average molecular weight is 320 g/mol. The van der Waals surface area contributed by atoms with Crippen molar-refractivity contribution in [2.45, 2.75) is 30.3 Å². The van der Waals surface area contributed by atoms with Crippen LogP contribution in [-0.4, -0.2) is 38.4 Å². The number of alkyl halides is 3. The van der Waals surface area contributed by atoms with Crippen LogP contribution in [0.25, 0.3) is 0 Å². The van der Waals surface area contributed by atoms with Gasteiger partial charge in [-0.1, -0.05) is 18.2 Å². The Bertz CT molecular complexity index is 606. The topological polar surface area (TPSA) is 49.7 Å². The predicted octanol–water partition coefficient (Wildman–Crippen LogP) is 2.82. The molecule has 1 aromatic carbocycles. The van der Waals surface area contributed by atoms with E-state index in [0.717, 1.165) is 11.3 Å². The second kappa shape index (κ2) is 6.05. The highest BCUT2D eigenvalue weighted by Crippen LogP contribution is 2.25. The summed E-state index contributed by atoms with van der Waals surface area (Å²) < 4.78 is 66.4. The molecule has 2 rings (SSSR count). The first-order chi connectivity index (χ1) is 9.81. The van der Waals surface area contributed by atoms with Crippen molar-refractivity contribution >= 4 is 15.9 Å². The lowest BCUT2D eigenvalue weighted by Crippen LogP contribution is -2.44. The first-order valence-corrected chi connectivity index (χ1v) is 7.97. The first-order valence-electron chi connectivity index (χ1n) is 6.53. The second-order valence-electron chi connectivity index (χ2n) is 4.75. The predicted molar refractivity (Wildman–Crippen MR) is 72.5 cm³/mol. The SMILES string of the molecule is O=S(=O)(/N=C(/N1CCCCC1)C(F)(F)F)c1ccccc1. The van der Waals surface area contributed by atoms with Gasteiger partial charge in [0.15, 0.2) is 0 Å². The number of nitrogens with zero attached hydrogens (tertiary/aromatic N) is 2. The zero-order chi connectivity index (χ0) is 15.5. The molecule has 0 N–H and O–H groups in total. The Hall–Kier alpha value is -1.57. The summed E-state index contributed by atoms with van der Waals surface area (Å²) in [5.74, 6) is -1.33. The molecule has 1 fully saturated rings. The van der Waals surface area contributed by atoms with E-state index in [9.17, 15) is 21.6 Å². The molecule has 1 aliphatic heterocycles.